The fraction of sp³-hybridized carbons (Fsp3) is 0.647. The zero-order valence-corrected chi connectivity index (χ0v) is 13.0. The number of rotatable bonds is 6. The van der Waals surface area contributed by atoms with Crippen molar-refractivity contribution in [3.05, 3.63) is 35.4 Å². The minimum atomic E-state index is -0.536. The largest absolute Gasteiger partial charge is 0.271 e. The van der Waals surface area contributed by atoms with Gasteiger partial charge >= 0.3 is 0 Å². The van der Waals surface area contributed by atoms with Gasteiger partial charge in [0.1, 0.15) is 11.6 Å². The fourth-order valence-electron chi connectivity index (χ4n) is 3.95. The standard InChI is InChI=1S/C17H26F2N2/c1-12(2)11-17(7-3-4-8-17)16(21-20)9-13-5-6-14(18)10-15(13)19/h5-6,10,12,16,21H,3-4,7-9,11,20H2,1-2H3. The average Bonchev–Trinajstić information content (AvgIpc) is 2.86. The summed E-state index contributed by atoms with van der Waals surface area (Å²) in [5.41, 5.74) is 3.59. The Balaban J connectivity index is 2.20. The summed E-state index contributed by atoms with van der Waals surface area (Å²) in [5.74, 6) is 5.36. The third kappa shape index (κ3) is 3.80. The van der Waals surface area contributed by atoms with Crippen molar-refractivity contribution in [1.29, 1.82) is 0 Å². The lowest BCUT2D eigenvalue weighted by atomic mass is 9.71. The maximum Gasteiger partial charge on any atom is 0.129 e. The molecule has 1 atom stereocenters. The number of halogens is 2. The van der Waals surface area contributed by atoms with Crippen LogP contribution in [-0.4, -0.2) is 6.04 Å². The smallest absolute Gasteiger partial charge is 0.129 e. The van der Waals surface area contributed by atoms with Crippen LogP contribution in [0.25, 0.3) is 0 Å². The van der Waals surface area contributed by atoms with E-state index < -0.39 is 11.6 Å². The van der Waals surface area contributed by atoms with E-state index in [2.05, 4.69) is 19.3 Å². The van der Waals surface area contributed by atoms with Gasteiger partial charge in [0.2, 0.25) is 0 Å². The molecule has 0 amide bonds. The van der Waals surface area contributed by atoms with Crippen molar-refractivity contribution >= 4 is 0 Å². The van der Waals surface area contributed by atoms with E-state index >= 15 is 0 Å². The second-order valence-electron chi connectivity index (χ2n) is 6.83. The van der Waals surface area contributed by atoms with Gasteiger partial charge in [-0.2, -0.15) is 0 Å². The summed E-state index contributed by atoms with van der Waals surface area (Å²) in [4.78, 5) is 0. The van der Waals surface area contributed by atoms with Gasteiger partial charge in [0.15, 0.2) is 0 Å². The zero-order valence-electron chi connectivity index (χ0n) is 13.0. The number of hydrogen-bond donors (Lipinski definition) is 2. The molecule has 118 valence electrons. The van der Waals surface area contributed by atoms with Gasteiger partial charge in [-0.1, -0.05) is 32.8 Å². The highest BCUT2D eigenvalue weighted by atomic mass is 19.1. The molecule has 1 unspecified atom stereocenters. The van der Waals surface area contributed by atoms with Crippen LogP contribution in [-0.2, 0) is 6.42 Å². The molecule has 1 fully saturated rings. The van der Waals surface area contributed by atoms with E-state index in [-0.39, 0.29) is 11.5 Å². The summed E-state index contributed by atoms with van der Waals surface area (Å²) in [6.07, 6.45) is 6.26. The van der Waals surface area contributed by atoms with Crippen molar-refractivity contribution in [1.82, 2.24) is 5.43 Å². The molecule has 4 heteroatoms. The molecule has 0 radical (unpaired) electrons. The van der Waals surface area contributed by atoms with Crippen LogP contribution in [0.4, 0.5) is 8.78 Å². The van der Waals surface area contributed by atoms with Crippen molar-refractivity contribution in [3.63, 3.8) is 0 Å². The monoisotopic (exact) mass is 296 g/mol. The molecule has 2 nitrogen and oxygen atoms in total. The molecule has 1 aliphatic rings. The van der Waals surface area contributed by atoms with Crippen LogP contribution in [0.1, 0.15) is 51.5 Å². The highest BCUT2D eigenvalue weighted by Gasteiger charge is 2.41. The summed E-state index contributed by atoms with van der Waals surface area (Å²) in [6, 6.07) is 3.83. The van der Waals surface area contributed by atoms with Gasteiger partial charge in [-0.3, -0.25) is 11.3 Å². The van der Waals surface area contributed by atoms with Crippen LogP contribution >= 0.6 is 0 Å². The molecule has 0 aromatic heterocycles. The second-order valence-corrected chi connectivity index (χ2v) is 6.83. The quantitative estimate of drug-likeness (QED) is 0.616. The highest BCUT2D eigenvalue weighted by molar-refractivity contribution is 5.20. The van der Waals surface area contributed by atoms with Gasteiger partial charge in [0.25, 0.3) is 0 Å². The molecular formula is C17H26F2N2. The van der Waals surface area contributed by atoms with E-state index in [1.165, 1.54) is 25.0 Å². The Morgan fingerprint density at radius 2 is 1.90 bits per heavy atom. The molecule has 3 N–H and O–H groups in total. The van der Waals surface area contributed by atoms with Crippen molar-refractivity contribution < 1.29 is 8.78 Å². The van der Waals surface area contributed by atoms with Gasteiger partial charge in [0.05, 0.1) is 0 Å². The summed E-state index contributed by atoms with van der Waals surface area (Å²) in [5, 5.41) is 0. The third-order valence-electron chi connectivity index (χ3n) is 4.79. The first-order valence-electron chi connectivity index (χ1n) is 7.87. The Hall–Kier alpha value is -1.00. The third-order valence-corrected chi connectivity index (χ3v) is 4.79. The number of benzene rings is 1. The average molecular weight is 296 g/mol. The molecule has 0 bridgehead atoms. The van der Waals surface area contributed by atoms with Gasteiger partial charge in [-0.05, 0) is 48.6 Å². The van der Waals surface area contributed by atoms with Crippen molar-refractivity contribution in [2.75, 3.05) is 0 Å². The Kier molecular flexibility index (Phi) is 5.33. The first-order chi connectivity index (χ1) is 9.97. The number of hydrogen-bond acceptors (Lipinski definition) is 2. The van der Waals surface area contributed by atoms with E-state index in [1.807, 2.05) is 0 Å². The molecule has 21 heavy (non-hydrogen) atoms. The Morgan fingerprint density at radius 3 is 2.43 bits per heavy atom. The molecule has 0 saturated heterocycles. The van der Waals surface area contributed by atoms with Gasteiger partial charge in [0, 0.05) is 12.1 Å². The van der Waals surface area contributed by atoms with E-state index in [4.69, 9.17) is 5.84 Å². The normalized spacial score (nSPS) is 19.1. The first-order valence-corrected chi connectivity index (χ1v) is 7.87. The Bertz CT molecular complexity index is 468. The molecule has 2 rings (SSSR count). The summed E-state index contributed by atoms with van der Waals surface area (Å²) in [7, 11) is 0. The molecule has 1 saturated carbocycles. The lowest BCUT2D eigenvalue weighted by molar-refractivity contribution is 0.153. The van der Waals surface area contributed by atoms with Crippen LogP contribution in [0.3, 0.4) is 0 Å². The Labute approximate surface area is 126 Å². The predicted molar refractivity (Wildman–Crippen MR) is 81.5 cm³/mol. The highest BCUT2D eigenvalue weighted by Crippen LogP contribution is 2.46. The summed E-state index contributed by atoms with van der Waals surface area (Å²) < 4.78 is 26.9. The molecule has 1 aliphatic carbocycles. The lowest BCUT2D eigenvalue weighted by Gasteiger charge is -2.39. The molecule has 1 aromatic carbocycles. The summed E-state index contributed by atoms with van der Waals surface area (Å²) in [6.45, 7) is 4.43. The van der Waals surface area contributed by atoms with Crippen molar-refractivity contribution in [2.45, 2.75) is 58.4 Å². The van der Waals surface area contributed by atoms with Crippen LogP contribution in [0.5, 0.6) is 0 Å². The maximum absolute atomic E-state index is 13.9. The van der Waals surface area contributed by atoms with Crippen LogP contribution in [0.15, 0.2) is 18.2 Å². The van der Waals surface area contributed by atoms with E-state index in [9.17, 15) is 8.78 Å². The van der Waals surface area contributed by atoms with E-state index in [0.29, 0.717) is 17.9 Å². The van der Waals surface area contributed by atoms with E-state index in [0.717, 1.165) is 25.3 Å². The minimum Gasteiger partial charge on any atom is -0.271 e. The number of hydrazine groups is 1. The molecule has 1 aromatic rings. The second kappa shape index (κ2) is 6.84. The van der Waals surface area contributed by atoms with Crippen LogP contribution < -0.4 is 11.3 Å². The zero-order chi connectivity index (χ0) is 15.5. The number of nitrogens with one attached hydrogen (secondary N) is 1. The molecule has 0 spiro atoms. The van der Waals surface area contributed by atoms with Gasteiger partial charge in [-0.25, -0.2) is 8.78 Å². The minimum absolute atomic E-state index is 0.0300. The number of nitrogens with two attached hydrogens (primary N) is 1. The first kappa shape index (κ1) is 16.4. The molecule has 0 heterocycles. The van der Waals surface area contributed by atoms with Gasteiger partial charge < -0.3 is 0 Å². The Morgan fingerprint density at radius 1 is 1.24 bits per heavy atom. The van der Waals surface area contributed by atoms with E-state index in [1.54, 1.807) is 0 Å². The van der Waals surface area contributed by atoms with Crippen LogP contribution in [0, 0.1) is 23.0 Å². The predicted octanol–water partition coefficient (Wildman–Crippen LogP) is 3.95. The fourth-order valence-corrected chi connectivity index (χ4v) is 3.95. The van der Waals surface area contributed by atoms with Gasteiger partial charge in [-0.15, -0.1) is 0 Å². The van der Waals surface area contributed by atoms with Crippen LogP contribution in [0.2, 0.25) is 0 Å². The van der Waals surface area contributed by atoms with Crippen molar-refractivity contribution in [3.8, 4) is 0 Å². The molecule has 0 aliphatic heterocycles. The SMILES string of the molecule is CC(C)CC1(C(Cc2ccc(F)cc2F)NN)CCCC1. The maximum atomic E-state index is 13.9. The lowest BCUT2D eigenvalue weighted by Crippen LogP contribution is -2.49. The topological polar surface area (TPSA) is 38.0 Å². The molecular weight excluding hydrogens is 270 g/mol. The van der Waals surface area contributed by atoms with Crippen molar-refractivity contribution in [2.24, 2.45) is 17.2 Å². The summed E-state index contributed by atoms with van der Waals surface area (Å²) >= 11 is 0.